The minimum Gasteiger partial charge on any atom is -0.382 e. The average Bonchev–Trinajstić information content (AvgIpc) is 2.77. The first-order chi connectivity index (χ1) is 8.94. The molecule has 0 atom stereocenters. The Kier molecular flexibility index (Phi) is 6.35. The molecule has 0 saturated heterocycles. The number of anilines is 1. The molecule has 0 fully saturated rings. The van der Waals surface area contributed by atoms with Gasteiger partial charge in [-0.1, -0.05) is 34.6 Å². The summed E-state index contributed by atoms with van der Waals surface area (Å²) in [5.74, 6) is 0. The standard InChI is InChI=1S/C15H30N4/c1-6-18(7-2)10-11-19-13-14(12-17-19)16-9-8-15(3,4)5/h12-13,16H,6-11H2,1-5H3. The normalized spacial score (nSPS) is 12.1. The fourth-order valence-electron chi connectivity index (χ4n) is 1.94. The molecule has 1 rings (SSSR count). The van der Waals surface area contributed by atoms with Crippen LogP contribution in [0.3, 0.4) is 0 Å². The molecule has 1 N–H and O–H groups in total. The number of nitrogens with zero attached hydrogens (tertiary/aromatic N) is 3. The van der Waals surface area contributed by atoms with E-state index in [1.54, 1.807) is 0 Å². The van der Waals surface area contributed by atoms with Crippen LogP contribution in [0.4, 0.5) is 5.69 Å². The molecule has 110 valence electrons. The van der Waals surface area contributed by atoms with Crippen molar-refractivity contribution in [3.8, 4) is 0 Å². The Balaban J connectivity index is 2.32. The Morgan fingerprint density at radius 3 is 2.53 bits per heavy atom. The number of rotatable bonds is 8. The summed E-state index contributed by atoms with van der Waals surface area (Å²) >= 11 is 0. The summed E-state index contributed by atoms with van der Waals surface area (Å²) in [4.78, 5) is 2.41. The van der Waals surface area contributed by atoms with E-state index in [0.717, 1.165) is 44.8 Å². The van der Waals surface area contributed by atoms with E-state index in [9.17, 15) is 0 Å². The van der Waals surface area contributed by atoms with Crippen molar-refractivity contribution < 1.29 is 0 Å². The van der Waals surface area contributed by atoms with Gasteiger partial charge in [-0.25, -0.2) is 0 Å². The molecule has 0 unspecified atom stereocenters. The third-order valence-electron chi connectivity index (χ3n) is 3.38. The molecule has 0 bridgehead atoms. The van der Waals surface area contributed by atoms with Crippen LogP contribution in [0.25, 0.3) is 0 Å². The van der Waals surface area contributed by atoms with E-state index in [1.165, 1.54) is 0 Å². The molecule has 1 aromatic heterocycles. The Morgan fingerprint density at radius 2 is 1.95 bits per heavy atom. The lowest BCUT2D eigenvalue weighted by molar-refractivity contribution is 0.285. The molecule has 0 aliphatic carbocycles. The van der Waals surface area contributed by atoms with Gasteiger partial charge in [-0.05, 0) is 24.9 Å². The van der Waals surface area contributed by atoms with Crippen molar-refractivity contribution in [2.24, 2.45) is 5.41 Å². The van der Waals surface area contributed by atoms with E-state index in [-0.39, 0.29) is 0 Å². The van der Waals surface area contributed by atoms with Crippen LogP contribution in [0.1, 0.15) is 41.0 Å². The molecule has 0 spiro atoms. The van der Waals surface area contributed by atoms with Gasteiger partial charge in [0, 0.05) is 19.3 Å². The first-order valence-electron chi connectivity index (χ1n) is 7.43. The largest absolute Gasteiger partial charge is 0.382 e. The van der Waals surface area contributed by atoms with Crippen molar-refractivity contribution >= 4 is 5.69 Å². The van der Waals surface area contributed by atoms with Gasteiger partial charge in [0.1, 0.15) is 0 Å². The molecule has 0 aromatic carbocycles. The molecule has 0 aliphatic heterocycles. The summed E-state index contributed by atoms with van der Waals surface area (Å²) in [5.41, 5.74) is 1.51. The fraction of sp³-hybridized carbons (Fsp3) is 0.800. The smallest absolute Gasteiger partial charge is 0.0726 e. The van der Waals surface area contributed by atoms with Gasteiger partial charge in [0.05, 0.1) is 18.4 Å². The summed E-state index contributed by atoms with van der Waals surface area (Å²) in [6, 6.07) is 0. The molecule has 0 radical (unpaired) electrons. The second kappa shape index (κ2) is 7.53. The van der Waals surface area contributed by atoms with E-state index in [0.29, 0.717) is 5.41 Å². The molecule has 4 nitrogen and oxygen atoms in total. The van der Waals surface area contributed by atoms with Crippen molar-refractivity contribution in [2.45, 2.75) is 47.6 Å². The lowest BCUT2D eigenvalue weighted by atomic mass is 9.92. The van der Waals surface area contributed by atoms with Gasteiger partial charge in [0.25, 0.3) is 0 Å². The summed E-state index contributed by atoms with van der Waals surface area (Å²) < 4.78 is 2.03. The number of aromatic nitrogens is 2. The molecule has 1 aromatic rings. The van der Waals surface area contributed by atoms with E-state index >= 15 is 0 Å². The van der Waals surface area contributed by atoms with Crippen LogP contribution in [-0.2, 0) is 6.54 Å². The Labute approximate surface area is 118 Å². The van der Waals surface area contributed by atoms with Gasteiger partial charge in [-0.3, -0.25) is 4.68 Å². The van der Waals surface area contributed by atoms with Crippen molar-refractivity contribution in [1.82, 2.24) is 14.7 Å². The van der Waals surface area contributed by atoms with Crippen LogP contribution >= 0.6 is 0 Å². The zero-order valence-electron chi connectivity index (χ0n) is 13.2. The van der Waals surface area contributed by atoms with Crippen LogP contribution in [-0.4, -0.2) is 40.9 Å². The van der Waals surface area contributed by atoms with E-state index in [1.807, 2.05) is 10.9 Å². The maximum atomic E-state index is 4.40. The third-order valence-corrected chi connectivity index (χ3v) is 3.38. The highest BCUT2D eigenvalue weighted by molar-refractivity contribution is 5.37. The van der Waals surface area contributed by atoms with Crippen LogP contribution < -0.4 is 5.32 Å². The topological polar surface area (TPSA) is 33.1 Å². The maximum Gasteiger partial charge on any atom is 0.0726 e. The summed E-state index contributed by atoms with van der Waals surface area (Å²) in [5, 5.41) is 7.84. The number of nitrogens with one attached hydrogen (secondary N) is 1. The van der Waals surface area contributed by atoms with Crippen molar-refractivity contribution in [3.05, 3.63) is 12.4 Å². The highest BCUT2D eigenvalue weighted by atomic mass is 15.3. The third kappa shape index (κ3) is 6.62. The molecule has 4 heteroatoms. The van der Waals surface area contributed by atoms with E-state index in [4.69, 9.17) is 0 Å². The Hall–Kier alpha value is -1.03. The molecular formula is C15H30N4. The molecule has 0 saturated carbocycles. The summed E-state index contributed by atoms with van der Waals surface area (Å²) in [6.45, 7) is 16.4. The Morgan fingerprint density at radius 1 is 1.26 bits per heavy atom. The van der Waals surface area contributed by atoms with Crippen LogP contribution in [0.2, 0.25) is 0 Å². The molecule has 0 amide bonds. The predicted molar refractivity (Wildman–Crippen MR) is 82.6 cm³/mol. The van der Waals surface area contributed by atoms with E-state index < -0.39 is 0 Å². The summed E-state index contributed by atoms with van der Waals surface area (Å²) in [7, 11) is 0. The van der Waals surface area contributed by atoms with Crippen LogP contribution in [0.5, 0.6) is 0 Å². The molecule has 1 heterocycles. The number of hydrogen-bond acceptors (Lipinski definition) is 3. The lowest BCUT2D eigenvalue weighted by Gasteiger charge is -2.18. The maximum absolute atomic E-state index is 4.40. The van der Waals surface area contributed by atoms with Gasteiger partial charge in [0.2, 0.25) is 0 Å². The molecular weight excluding hydrogens is 236 g/mol. The van der Waals surface area contributed by atoms with Gasteiger partial charge < -0.3 is 10.2 Å². The predicted octanol–water partition coefficient (Wildman–Crippen LogP) is 3.07. The molecule has 0 aliphatic rings. The van der Waals surface area contributed by atoms with Gasteiger partial charge in [0.15, 0.2) is 0 Å². The second-order valence-corrected chi connectivity index (χ2v) is 6.26. The van der Waals surface area contributed by atoms with Crippen molar-refractivity contribution in [2.75, 3.05) is 31.5 Å². The zero-order chi connectivity index (χ0) is 14.3. The molecule has 19 heavy (non-hydrogen) atoms. The number of hydrogen-bond donors (Lipinski definition) is 1. The highest BCUT2D eigenvalue weighted by Crippen LogP contribution is 2.18. The van der Waals surface area contributed by atoms with Gasteiger partial charge in [-0.2, -0.15) is 5.10 Å². The van der Waals surface area contributed by atoms with Crippen molar-refractivity contribution in [3.63, 3.8) is 0 Å². The van der Waals surface area contributed by atoms with Crippen molar-refractivity contribution in [1.29, 1.82) is 0 Å². The van der Waals surface area contributed by atoms with Crippen LogP contribution in [0, 0.1) is 5.41 Å². The minimum absolute atomic E-state index is 0.381. The van der Waals surface area contributed by atoms with Gasteiger partial charge >= 0.3 is 0 Å². The lowest BCUT2D eigenvalue weighted by Crippen LogP contribution is -2.27. The zero-order valence-corrected chi connectivity index (χ0v) is 13.2. The SMILES string of the molecule is CCN(CC)CCn1cc(NCCC(C)(C)C)cn1. The Bertz CT molecular complexity index is 347. The van der Waals surface area contributed by atoms with Crippen LogP contribution in [0.15, 0.2) is 12.4 Å². The highest BCUT2D eigenvalue weighted by Gasteiger charge is 2.09. The monoisotopic (exact) mass is 266 g/mol. The quantitative estimate of drug-likeness (QED) is 0.785. The minimum atomic E-state index is 0.381. The van der Waals surface area contributed by atoms with Gasteiger partial charge in [-0.15, -0.1) is 0 Å². The first kappa shape index (κ1) is 16.0. The van der Waals surface area contributed by atoms with E-state index in [2.05, 4.69) is 56.1 Å². The average molecular weight is 266 g/mol. The number of likely N-dealkylation sites (N-methyl/N-ethyl adjacent to an activating group) is 1. The fourth-order valence-corrected chi connectivity index (χ4v) is 1.94. The second-order valence-electron chi connectivity index (χ2n) is 6.26. The first-order valence-corrected chi connectivity index (χ1v) is 7.43. The summed E-state index contributed by atoms with van der Waals surface area (Å²) in [6.07, 6.45) is 5.19.